The highest BCUT2D eigenvalue weighted by atomic mass is 19.1. The summed E-state index contributed by atoms with van der Waals surface area (Å²) in [6.07, 6.45) is 2.27. The van der Waals surface area contributed by atoms with Crippen molar-refractivity contribution < 1.29 is 4.39 Å². The van der Waals surface area contributed by atoms with Crippen LogP contribution in [0.5, 0.6) is 0 Å². The molecule has 1 heterocycles. The van der Waals surface area contributed by atoms with Crippen molar-refractivity contribution in [3.8, 4) is 0 Å². The molecule has 3 heteroatoms. The minimum Gasteiger partial charge on any atom is -0.315 e. The second-order valence-corrected chi connectivity index (χ2v) is 3.95. The van der Waals surface area contributed by atoms with Crippen LogP contribution in [0.2, 0.25) is 0 Å². The normalized spacial score (nSPS) is 23.1. The Morgan fingerprint density at radius 3 is 2.67 bits per heavy atom. The summed E-state index contributed by atoms with van der Waals surface area (Å²) in [4.78, 5) is 0. The molecule has 1 unspecified atom stereocenters. The first-order valence-corrected chi connectivity index (χ1v) is 5.56. The van der Waals surface area contributed by atoms with Crippen molar-refractivity contribution in [1.82, 2.24) is 10.6 Å². The van der Waals surface area contributed by atoms with E-state index in [1.54, 1.807) is 0 Å². The molecule has 1 aromatic carbocycles. The second-order valence-electron chi connectivity index (χ2n) is 3.95. The zero-order valence-corrected chi connectivity index (χ0v) is 8.80. The topological polar surface area (TPSA) is 24.1 Å². The average Bonchev–Trinajstić information content (AvgIpc) is 2.19. The van der Waals surface area contributed by atoms with E-state index in [0.717, 1.165) is 32.5 Å². The predicted molar refractivity (Wildman–Crippen MR) is 59.2 cm³/mol. The molecule has 2 N–H and O–H groups in total. The van der Waals surface area contributed by atoms with Gasteiger partial charge in [0.05, 0.1) is 0 Å². The highest BCUT2D eigenvalue weighted by Gasteiger charge is 2.11. The largest absolute Gasteiger partial charge is 0.315 e. The van der Waals surface area contributed by atoms with Crippen LogP contribution in [0, 0.1) is 5.82 Å². The average molecular weight is 208 g/mol. The molecule has 0 aliphatic carbocycles. The van der Waals surface area contributed by atoms with E-state index >= 15 is 0 Å². The second kappa shape index (κ2) is 5.24. The van der Waals surface area contributed by atoms with Crippen LogP contribution in [-0.4, -0.2) is 19.6 Å². The summed E-state index contributed by atoms with van der Waals surface area (Å²) in [6, 6.07) is 7.21. The zero-order chi connectivity index (χ0) is 10.5. The Labute approximate surface area is 89.9 Å². The summed E-state index contributed by atoms with van der Waals surface area (Å²) in [6.45, 7) is 3.07. The van der Waals surface area contributed by atoms with Crippen molar-refractivity contribution in [1.29, 1.82) is 0 Å². The van der Waals surface area contributed by atoms with Crippen LogP contribution in [0.1, 0.15) is 24.4 Å². The highest BCUT2D eigenvalue weighted by molar-refractivity contribution is 5.19. The first kappa shape index (κ1) is 10.6. The first-order chi connectivity index (χ1) is 7.36. The maximum absolute atomic E-state index is 12.8. The third kappa shape index (κ3) is 3.01. The highest BCUT2D eigenvalue weighted by Crippen LogP contribution is 2.19. The molecule has 1 aromatic rings. The van der Waals surface area contributed by atoms with E-state index in [2.05, 4.69) is 10.6 Å². The molecule has 0 bridgehead atoms. The summed E-state index contributed by atoms with van der Waals surface area (Å²) in [5.41, 5.74) is 1.19. The molecule has 0 radical (unpaired) electrons. The van der Waals surface area contributed by atoms with Crippen molar-refractivity contribution in [2.24, 2.45) is 0 Å². The van der Waals surface area contributed by atoms with Crippen molar-refractivity contribution in [2.45, 2.75) is 18.9 Å². The molecule has 2 nitrogen and oxygen atoms in total. The van der Waals surface area contributed by atoms with E-state index in [0.29, 0.717) is 6.04 Å². The Morgan fingerprint density at radius 1 is 1.07 bits per heavy atom. The van der Waals surface area contributed by atoms with E-state index in [4.69, 9.17) is 0 Å². The molecule has 15 heavy (non-hydrogen) atoms. The minimum absolute atomic E-state index is 0.161. The number of halogens is 1. The van der Waals surface area contributed by atoms with Gasteiger partial charge in [-0.25, -0.2) is 4.39 Å². The van der Waals surface area contributed by atoms with Crippen LogP contribution in [0.15, 0.2) is 24.3 Å². The Balaban J connectivity index is 2.03. The van der Waals surface area contributed by atoms with Crippen molar-refractivity contribution in [3.63, 3.8) is 0 Å². The summed E-state index contributed by atoms with van der Waals surface area (Å²) >= 11 is 0. The van der Waals surface area contributed by atoms with Gasteiger partial charge in [-0.3, -0.25) is 0 Å². The smallest absolute Gasteiger partial charge is 0.123 e. The van der Waals surface area contributed by atoms with E-state index in [1.807, 2.05) is 12.1 Å². The van der Waals surface area contributed by atoms with E-state index in [1.165, 1.54) is 17.7 Å². The van der Waals surface area contributed by atoms with Gasteiger partial charge in [-0.05, 0) is 37.1 Å². The zero-order valence-electron chi connectivity index (χ0n) is 8.80. The SMILES string of the molecule is Fc1ccc(C2CCCNCCN2)cc1. The molecule has 82 valence electrons. The lowest BCUT2D eigenvalue weighted by Crippen LogP contribution is -2.34. The maximum Gasteiger partial charge on any atom is 0.123 e. The third-order valence-corrected chi connectivity index (χ3v) is 2.81. The van der Waals surface area contributed by atoms with Gasteiger partial charge in [0.2, 0.25) is 0 Å². The number of rotatable bonds is 1. The number of benzene rings is 1. The van der Waals surface area contributed by atoms with Crippen LogP contribution in [0.3, 0.4) is 0 Å². The van der Waals surface area contributed by atoms with Crippen LogP contribution < -0.4 is 10.6 Å². The van der Waals surface area contributed by atoms with Gasteiger partial charge >= 0.3 is 0 Å². The van der Waals surface area contributed by atoms with Crippen LogP contribution >= 0.6 is 0 Å². The van der Waals surface area contributed by atoms with Crippen molar-refractivity contribution in [3.05, 3.63) is 35.6 Å². The lowest BCUT2D eigenvalue weighted by atomic mass is 10.0. The Bertz CT molecular complexity index is 289. The number of hydrogen-bond donors (Lipinski definition) is 2. The van der Waals surface area contributed by atoms with Gasteiger partial charge in [0.15, 0.2) is 0 Å². The van der Waals surface area contributed by atoms with Gasteiger partial charge in [0.25, 0.3) is 0 Å². The Kier molecular flexibility index (Phi) is 3.69. The summed E-state index contributed by atoms with van der Waals surface area (Å²) < 4.78 is 12.8. The van der Waals surface area contributed by atoms with Crippen LogP contribution in [-0.2, 0) is 0 Å². The fraction of sp³-hybridized carbons (Fsp3) is 0.500. The van der Waals surface area contributed by atoms with Crippen molar-refractivity contribution >= 4 is 0 Å². The molecule has 1 aliphatic rings. The molecule has 1 atom stereocenters. The van der Waals surface area contributed by atoms with E-state index in [-0.39, 0.29) is 5.82 Å². The summed E-state index contributed by atoms with van der Waals surface area (Å²) in [5.74, 6) is -0.161. The van der Waals surface area contributed by atoms with Gasteiger partial charge in [-0.1, -0.05) is 12.1 Å². The molecule has 1 saturated heterocycles. The molecule has 1 aliphatic heterocycles. The fourth-order valence-electron chi connectivity index (χ4n) is 1.97. The minimum atomic E-state index is -0.161. The van der Waals surface area contributed by atoms with Crippen LogP contribution in [0.25, 0.3) is 0 Å². The molecule has 0 spiro atoms. The van der Waals surface area contributed by atoms with Crippen molar-refractivity contribution in [2.75, 3.05) is 19.6 Å². The fourth-order valence-corrected chi connectivity index (χ4v) is 1.97. The van der Waals surface area contributed by atoms with Gasteiger partial charge in [-0.2, -0.15) is 0 Å². The summed E-state index contributed by atoms with van der Waals surface area (Å²) in [7, 11) is 0. The number of nitrogens with one attached hydrogen (secondary N) is 2. The van der Waals surface area contributed by atoms with E-state index in [9.17, 15) is 4.39 Å². The quantitative estimate of drug-likeness (QED) is 0.736. The molecular formula is C12H17FN2. The Hall–Kier alpha value is -0.930. The summed E-state index contributed by atoms with van der Waals surface area (Å²) in [5, 5.41) is 6.82. The monoisotopic (exact) mass is 208 g/mol. The predicted octanol–water partition coefficient (Wildman–Crippen LogP) is 1.84. The Morgan fingerprint density at radius 2 is 1.87 bits per heavy atom. The maximum atomic E-state index is 12.8. The number of hydrogen-bond acceptors (Lipinski definition) is 2. The van der Waals surface area contributed by atoms with Gasteiger partial charge in [0.1, 0.15) is 5.82 Å². The molecule has 0 saturated carbocycles. The van der Waals surface area contributed by atoms with Gasteiger partial charge in [0, 0.05) is 19.1 Å². The van der Waals surface area contributed by atoms with Gasteiger partial charge < -0.3 is 10.6 Å². The first-order valence-electron chi connectivity index (χ1n) is 5.56. The third-order valence-electron chi connectivity index (χ3n) is 2.81. The molecular weight excluding hydrogens is 191 g/mol. The lowest BCUT2D eigenvalue weighted by Gasteiger charge is -2.22. The van der Waals surface area contributed by atoms with Crippen LogP contribution in [0.4, 0.5) is 4.39 Å². The molecule has 2 rings (SSSR count). The standard InChI is InChI=1S/C12H17FN2/c13-11-5-3-10(4-6-11)12-2-1-7-14-8-9-15-12/h3-6,12,14-15H,1-2,7-9H2. The van der Waals surface area contributed by atoms with E-state index < -0.39 is 0 Å². The van der Waals surface area contributed by atoms with Gasteiger partial charge in [-0.15, -0.1) is 0 Å². The lowest BCUT2D eigenvalue weighted by molar-refractivity contribution is 0.436. The molecule has 0 amide bonds. The molecule has 1 fully saturated rings. The molecule has 0 aromatic heterocycles.